The second-order valence-corrected chi connectivity index (χ2v) is 9.15. The van der Waals surface area contributed by atoms with E-state index in [1.165, 1.54) is 6.07 Å². The lowest BCUT2D eigenvalue weighted by Gasteiger charge is -2.25. The number of rotatable bonds is 5. The lowest BCUT2D eigenvalue weighted by molar-refractivity contribution is -0.120. The van der Waals surface area contributed by atoms with Crippen LogP contribution in [0.2, 0.25) is 0 Å². The molecule has 1 unspecified atom stereocenters. The van der Waals surface area contributed by atoms with Crippen molar-refractivity contribution >= 4 is 33.0 Å². The van der Waals surface area contributed by atoms with Gasteiger partial charge in [-0.2, -0.15) is 4.72 Å². The van der Waals surface area contributed by atoms with Crippen molar-refractivity contribution in [3.05, 3.63) is 83.2 Å². The van der Waals surface area contributed by atoms with Gasteiger partial charge < -0.3 is 4.90 Å². The number of para-hydroxylation sites is 1. The molecule has 7 heteroatoms. The SMILES string of the molecule is O=C(C(NS(=O)(=O)c1cccs1)c1ccccc1)N1CCc2ccccc21. The molecule has 2 aromatic carbocycles. The minimum absolute atomic E-state index is 0.193. The molecule has 0 aliphatic carbocycles. The van der Waals surface area contributed by atoms with E-state index >= 15 is 0 Å². The van der Waals surface area contributed by atoms with E-state index in [-0.39, 0.29) is 10.1 Å². The van der Waals surface area contributed by atoms with Crippen molar-refractivity contribution in [2.24, 2.45) is 0 Å². The highest BCUT2D eigenvalue weighted by atomic mass is 32.2. The summed E-state index contributed by atoms with van der Waals surface area (Å²) in [5.41, 5.74) is 2.56. The van der Waals surface area contributed by atoms with Crippen LogP contribution in [-0.4, -0.2) is 20.9 Å². The number of thiophene rings is 1. The fraction of sp³-hybridized carbons (Fsp3) is 0.150. The van der Waals surface area contributed by atoms with Gasteiger partial charge >= 0.3 is 0 Å². The Kier molecular flexibility index (Phi) is 4.82. The molecule has 1 aliphatic rings. The Morgan fingerprint density at radius 3 is 2.48 bits per heavy atom. The molecule has 1 atom stereocenters. The Bertz CT molecular complexity index is 1050. The van der Waals surface area contributed by atoms with E-state index in [1.54, 1.807) is 40.6 Å². The fourth-order valence-electron chi connectivity index (χ4n) is 3.26. The summed E-state index contributed by atoms with van der Waals surface area (Å²) < 4.78 is 28.3. The zero-order chi connectivity index (χ0) is 18.9. The Morgan fingerprint density at radius 2 is 1.74 bits per heavy atom. The summed E-state index contributed by atoms with van der Waals surface area (Å²) in [6, 6.07) is 18.9. The molecule has 0 spiro atoms. The molecule has 4 rings (SSSR count). The molecule has 0 fully saturated rings. The van der Waals surface area contributed by atoms with Crippen molar-refractivity contribution < 1.29 is 13.2 Å². The molecule has 1 amide bonds. The quantitative estimate of drug-likeness (QED) is 0.717. The average molecular weight is 399 g/mol. The van der Waals surface area contributed by atoms with Crippen molar-refractivity contribution in [1.29, 1.82) is 0 Å². The number of benzene rings is 2. The van der Waals surface area contributed by atoms with E-state index < -0.39 is 16.1 Å². The number of sulfonamides is 1. The van der Waals surface area contributed by atoms with Gasteiger partial charge in [-0.3, -0.25) is 4.79 Å². The molecular formula is C20H18N2O3S2. The van der Waals surface area contributed by atoms with E-state index in [9.17, 15) is 13.2 Å². The minimum atomic E-state index is -3.80. The number of nitrogens with zero attached hydrogens (tertiary/aromatic N) is 1. The lowest BCUT2D eigenvalue weighted by atomic mass is 10.1. The number of carbonyl (C=O) groups excluding carboxylic acids is 1. The summed E-state index contributed by atoms with van der Waals surface area (Å²) in [5, 5.41) is 1.70. The average Bonchev–Trinajstić information content (AvgIpc) is 3.36. The molecule has 1 N–H and O–H groups in total. The maximum atomic E-state index is 13.4. The molecule has 138 valence electrons. The highest BCUT2D eigenvalue weighted by molar-refractivity contribution is 7.91. The van der Waals surface area contributed by atoms with Gasteiger partial charge in [0.05, 0.1) is 0 Å². The smallest absolute Gasteiger partial charge is 0.251 e. The standard InChI is InChI=1S/C20H18N2O3S2/c23-20(22-13-12-15-7-4-5-10-17(15)22)19(16-8-2-1-3-9-16)21-27(24,25)18-11-6-14-26-18/h1-11,14,19,21H,12-13H2. The van der Waals surface area contributed by atoms with Gasteiger partial charge in [-0.25, -0.2) is 8.42 Å². The Hall–Kier alpha value is -2.48. The molecule has 27 heavy (non-hydrogen) atoms. The zero-order valence-corrected chi connectivity index (χ0v) is 16.0. The molecule has 0 radical (unpaired) electrons. The fourth-order valence-corrected chi connectivity index (χ4v) is 5.45. The zero-order valence-electron chi connectivity index (χ0n) is 14.4. The Morgan fingerprint density at radius 1 is 1.00 bits per heavy atom. The third kappa shape index (κ3) is 3.53. The number of hydrogen-bond acceptors (Lipinski definition) is 4. The highest BCUT2D eigenvalue weighted by Crippen LogP contribution is 2.31. The first-order chi connectivity index (χ1) is 13.1. The number of hydrogen-bond donors (Lipinski definition) is 1. The monoisotopic (exact) mass is 398 g/mol. The minimum Gasteiger partial charge on any atom is -0.310 e. The van der Waals surface area contributed by atoms with Crippen LogP contribution in [0.15, 0.2) is 76.3 Å². The van der Waals surface area contributed by atoms with Crippen LogP contribution in [-0.2, 0) is 21.2 Å². The molecule has 2 heterocycles. The van der Waals surface area contributed by atoms with Gasteiger partial charge in [-0.1, -0.05) is 54.6 Å². The first kappa shape index (κ1) is 17.9. The molecule has 3 aromatic rings. The number of nitrogens with one attached hydrogen (secondary N) is 1. The molecule has 0 saturated carbocycles. The van der Waals surface area contributed by atoms with Gasteiger partial charge in [0, 0.05) is 12.2 Å². The Labute approximate surface area is 162 Å². The highest BCUT2D eigenvalue weighted by Gasteiger charge is 2.34. The maximum Gasteiger partial charge on any atom is 0.251 e. The van der Waals surface area contributed by atoms with Crippen LogP contribution in [0.4, 0.5) is 5.69 Å². The normalized spacial score (nSPS) is 14.7. The summed E-state index contributed by atoms with van der Waals surface area (Å²) in [4.78, 5) is 15.0. The second-order valence-electron chi connectivity index (χ2n) is 6.27. The second kappa shape index (κ2) is 7.26. The van der Waals surface area contributed by atoms with Gasteiger partial charge in [0.15, 0.2) is 0 Å². The van der Waals surface area contributed by atoms with Crippen LogP contribution in [0, 0.1) is 0 Å². The molecule has 5 nitrogen and oxygen atoms in total. The van der Waals surface area contributed by atoms with E-state index in [0.29, 0.717) is 12.1 Å². The van der Waals surface area contributed by atoms with Crippen molar-refractivity contribution in [3.63, 3.8) is 0 Å². The van der Waals surface area contributed by atoms with E-state index in [1.807, 2.05) is 30.3 Å². The molecule has 1 aromatic heterocycles. The van der Waals surface area contributed by atoms with Crippen molar-refractivity contribution in [2.75, 3.05) is 11.4 Å². The van der Waals surface area contributed by atoms with Crippen molar-refractivity contribution in [3.8, 4) is 0 Å². The van der Waals surface area contributed by atoms with Gasteiger partial charge in [0.1, 0.15) is 10.3 Å². The third-order valence-electron chi connectivity index (χ3n) is 4.57. The number of fused-ring (bicyclic) bond motifs is 1. The summed E-state index contributed by atoms with van der Waals surface area (Å²) in [5.74, 6) is -0.272. The lowest BCUT2D eigenvalue weighted by Crippen LogP contribution is -2.42. The summed E-state index contributed by atoms with van der Waals surface area (Å²) in [7, 11) is -3.80. The van der Waals surface area contributed by atoms with Gasteiger partial charge in [0.25, 0.3) is 10.0 Å². The van der Waals surface area contributed by atoms with Gasteiger partial charge in [-0.15, -0.1) is 11.3 Å². The van der Waals surface area contributed by atoms with Crippen LogP contribution in [0.1, 0.15) is 17.2 Å². The first-order valence-corrected chi connectivity index (χ1v) is 10.9. The molecular weight excluding hydrogens is 380 g/mol. The summed E-state index contributed by atoms with van der Waals surface area (Å²) in [6.45, 7) is 0.544. The predicted molar refractivity (Wildman–Crippen MR) is 106 cm³/mol. The maximum absolute atomic E-state index is 13.4. The predicted octanol–water partition coefficient (Wildman–Crippen LogP) is 3.36. The van der Waals surface area contributed by atoms with Crippen LogP contribution < -0.4 is 9.62 Å². The number of anilines is 1. The number of amides is 1. The van der Waals surface area contributed by atoms with E-state index in [4.69, 9.17) is 0 Å². The van der Waals surface area contributed by atoms with Crippen molar-refractivity contribution in [2.45, 2.75) is 16.7 Å². The summed E-state index contributed by atoms with van der Waals surface area (Å²) >= 11 is 1.12. The largest absolute Gasteiger partial charge is 0.310 e. The first-order valence-electron chi connectivity index (χ1n) is 8.56. The molecule has 1 aliphatic heterocycles. The summed E-state index contributed by atoms with van der Waals surface area (Å²) in [6.07, 6.45) is 0.765. The molecule has 0 bridgehead atoms. The van der Waals surface area contributed by atoms with Crippen LogP contribution >= 0.6 is 11.3 Å². The molecule has 0 saturated heterocycles. The van der Waals surface area contributed by atoms with Crippen LogP contribution in [0.25, 0.3) is 0 Å². The Balaban J connectivity index is 1.70. The van der Waals surface area contributed by atoms with E-state index in [0.717, 1.165) is 29.0 Å². The van der Waals surface area contributed by atoms with Crippen LogP contribution in [0.5, 0.6) is 0 Å². The topological polar surface area (TPSA) is 66.5 Å². The van der Waals surface area contributed by atoms with Crippen molar-refractivity contribution in [1.82, 2.24) is 4.72 Å². The van der Waals surface area contributed by atoms with Crippen LogP contribution in [0.3, 0.4) is 0 Å². The van der Waals surface area contributed by atoms with Gasteiger partial charge in [0.2, 0.25) is 5.91 Å². The van der Waals surface area contributed by atoms with E-state index in [2.05, 4.69) is 4.72 Å². The number of carbonyl (C=O) groups is 1. The van der Waals surface area contributed by atoms with Gasteiger partial charge in [-0.05, 0) is 35.1 Å². The third-order valence-corrected chi connectivity index (χ3v) is 7.39.